The average Bonchev–Trinajstić information content (AvgIpc) is 3.04. The molecule has 0 radical (unpaired) electrons. The maximum Gasteiger partial charge on any atom is 0.263 e. The molecule has 0 aliphatic heterocycles. The zero-order chi connectivity index (χ0) is 14.8. The number of rotatable bonds is 4. The maximum absolute atomic E-state index is 12.2. The molecule has 3 N–H and O–H groups in total. The number of hydrogen-bond donors (Lipinski definition) is 2. The molecule has 3 aromatic rings. The third-order valence-corrected chi connectivity index (χ3v) is 4.28. The highest BCUT2D eigenvalue weighted by molar-refractivity contribution is 7.21. The molecule has 8 heteroatoms. The minimum atomic E-state index is -0.183. The normalized spacial score (nSPS) is 10.9. The number of thiophene rings is 1. The Bertz CT molecular complexity index is 793. The van der Waals surface area contributed by atoms with Crippen LogP contribution in [-0.2, 0) is 13.5 Å². The van der Waals surface area contributed by atoms with E-state index in [1.807, 2.05) is 17.7 Å². The van der Waals surface area contributed by atoms with Gasteiger partial charge in [-0.15, -0.1) is 21.5 Å². The van der Waals surface area contributed by atoms with Crippen molar-refractivity contribution in [2.75, 3.05) is 12.3 Å². The molecule has 0 aromatic carbocycles. The number of carbonyl (C=O) groups excluding carboxylic acids is 1. The van der Waals surface area contributed by atoms with E-state index in [2.05, 4.69) is 20.5 Å². The van der Waals surface area contributed by atoms with E-state index in [4.69, 9.17) is 5.73 Å². The van der Waals surface area contributed by atoms with Crippen molar-refractivity contribution in [3.05, 3.63) is 35.4 Å². The molecule has 0 aliphatic rings. The Balaban J connectivity index is 1.70. The first-order chi connectivity index (χ1) is 10.2. The molecule has 0 unspecified atom stereocenters. The molecule has 0 saturated carbocycles. The van der Waals surface area contributed by atoms with Crippen LogP contribution in [0, 0.1) is 0 Å². The second-order valence-corrected chi connectivity index (χ2v) is 5.56. The zero-order valence-corrected chi connectivity index (χ0v) is 12.2. The Morgan fingerprint density at radius 2 is 2.38 bits per heavy atom. The minimum absolute atomic E-state index is 0.183. The van der Waals surface area contributed by atoms with Crippen LogP contribution < -0.4 is 11.1 Å². The zero-order valence-electron chi connectivity index (χ0n) is 11.4. The molecule has 0 spiro atoms. The Labute approximate surface area is 124 Å². The third kappa shape index (κ3) is 2.57. The van der Waals surface area contributed by atoms with E-state index in [1.54, 1.807) is 18.6 Å². The summed E-state index contributed by atoms with van der Waals surface area (Å²) >= 11 is 1.30. The Hall–Kier alpha value is -2.48. The molecule has 3 rings (SSSR count). The molecule has 21 heavy (non-hydrogen) atoms. The van der Waals surface area contributed by atoms with E-state index in [0.29, 0.717) is 23.5 Å². The van der Waals surface area contributed by atoms with Gasteiger partial charge in [0.1, 0.15) is 21.9 Å². The van der Waals surface area contributed by atoms with E-state index in [9.17, 15) is 4.79 Å². The lowest BCUT2D eigenvalue weighted by Crippen LogP contribution is -2.26. The van der Waals surface area contributed by atoms with E-state index in [-0.39, 0.29) is 5.91 Å². The molecular formula is C13H14N6OS. The summed E-state index contributed by atoms with van der Waals surface area (Å²) < 4.78 is 1.82. The Morgan fingerprint density at radius 1 is 1.52 bits per heavy atom. The second-order valence-electron chi connectivity index (χ2n) is 4.56. The number of aryl methyl sites for hydroxylation is 1. The van der Waals surface area contributed by atoms with Crippen molar-refractivity contribution in [2.45, 2.75) is 6.42 Å². The van der Waals surface area contributed by atoms with E-state index in [1.165, 1.54) is 11.3 Å². The van der Waals surface area contributed by atoms with Crippen LogP contribution in [0.1, 0.15) is 15.5 Å². The predicted octanol–water partition coefficient (Wildman–Crippen LogP) is 0.979. The molecule has 108 valence electrons. The predicted molar refractivity (Wildman–Crippen MR) is 81.1 cm³/mol. The summed E-state index contributed by atoms with van der Waals surface area (Å²) in [5.41, 5.74) is 6.50. The smallest absolute Gasteiger partial charge is 0.263 e. The van der Waals surface area contributed by atoms with Gasteiger partial charge in [0.05, 0.1) is 5.69 Å². The van der Waals surface area contributed by atoms with Crippen molar-refractivity contribution < 1.29 is 4.79 Å². The van der Waals surface area contributed by atoms with Crippen LogP contribution >= 0.6 is 11.3 Å². The average molecular weight is 302 g/mol. The first-order valence-electron chi connectivity index (χ1n) is 6.41. The highest BCUT2D eigenvalue weighted by Crippen LogP contribution is 2.31. The van der Waals surface area contributed by atoms with Gasteiger partial charge in [-0.25, -0.2) is 4.98 Å². The van der Waals surface area contributed by atoms with Crippen LogP contribution in [0.15, 0.2) is 24.7 Å². The van der Waals surface area contributed by atoms with Crippen LogP contribution in [0.25, 0.3) is 10.2 Å². The lowest BCUT2D eigenvalue weighted by molar-refractivity contribution is 0.0959. The molecule has 0 fully saturated rings. The summed E-state index contributed by atoms with van der Waals surface area (Å²) in [5.74, 6) is 0.638. The fourth-order valence-corrected chi connectivity index (χ4v) is 3.00. The standard InChI is InChI=1S/C13H14N6OS/c1-19-7-17-18-9(19)4-6-15-12(20)11-10(14)8-3-2-5-16-13(8)21-11/h2-3,5,7H,4,6,14H2,1H3,(H,15,20). The van der Waals surface area contributed by atoms with Crippen LogP contribution in [0.2, 0.25) is 0 Å². The first-order valence-corrected chi connectivity index (χ1v) is 7.22. The Morgan fingerprint density at radius 3 is 3.10 bits per heavy atom. The molecule has 0 aliphatic carbocycles. The molecule has 7 nitrogen and oxygen atoms in total. The number of nitrogens with zero attached hydrogens (tertiary/aromatic N) is 4. The topological polar surface area (TPSA) is 98.7 Å². The molecular weight excluding hydrogens is 288 g/mol. The van der Waals surface area contributed by atoms with Gasteiger partial charge in [-0.1, -0.05) is 0 Å². The van der Waals surface area contributed by atoms with Gasteiger partial charge in [0, 0.05) is 31.6 Å². The lowest BCUT2D eigenvalue weighted by atomic mass is 10.2. The fourth-order valence-electron chi connectivity index (χ4n) is 2.02. The summed E-state index contributed by atoms with van der Waals surface area (Å²) in [6.07, 6.45) is 3.94. The van der Waals surface area contributed by atoms with Crippen molar-refractivity contribution in [2.24, 2.45) is 7.05 Å². The molecule has 3 aromatic heterocycles. The number of hydrogen-bond acceptors (Lipinski definition) is 6. The van der Waals surface area contributed by atoms with Gasteiger partial charge >= 0.3 is 0 Å². The number of anilines is 1. The van der Waals surface area contributed by atoms with Gasteiger partial charge in [-0.05, 0) is 12.1 Å². The van der Waals surface area contributed by atoms with Crippen molar-refractivity contribution in [1.29, 1.82) is 0 Å². The lowest BCUT2D eigenvalue weighted by Gasteiger charge is -2.04. The number of nitrogens with one attached hydrogen (secondary N) is 1. The summed E-state index contributed by atoms with van der Waals surface area (Å²) in [6.45, 7) is 0.479. The number of aromatic nitrogens is 4. The van der Waals surface area contributed by atoms with Gasteiger partial charge < -0.3 is 15.6 Å². The Kier molecular flexibility index (Phi) is 3.53. The van der Waals surface area contributed by atoms with Crippen molar-refractivity contribution in [3.63, 3.8) is 0 Å². The summed E-state index contributed by atoms with van der Waals surface area (Å²) in [7, 11) is 1.87. The summed E-state index contributed by atoms with van der Waals surface area (Å²) in [4.78, 5) is 17.7. The van der Waals surface area contributed by atoms with Crippen LogP contribution in [0.5, 0.6) is 0 Å². The molecule has 1 amide bonds. The van der Waals surface area contributed by atoms with Crippen molar-refractivity contribution >= 4 is 33.1 Å². The van der Waals surface area contributed by atoms with Gasteiger partial charge in [-0.2, -0.15) is 0 Å². The number of fused-ring (bicyclic) bond motifs is 1. The van der Waals surface area contributed by atoms with Gasteiger partial charge in [0.25, 0.3) is 5.91 Å². The SMILES string of the molecule is Cn1cnnc1CCNC(=O)c1sc2ncccc2c1N. The number of carbonyl (C=O) groups is 1. The highest BCUT2D eigenvalue weighted by Gasteiger charge is 2.16. The molecule has 0 saturated heterocycles. The number of amides is 1. The summed E-state index contributed by atoms with van der Waals surface area (Å²) in [6, 6.07) is 3.67. The van der Waals surface area contributed by atoms with Crippen molar-refractivity contribution in [1.82, 2.24) is 25.1 Å². The van der Waals surface area contributed by atoms with E-state index >= 15 is 0 Å². The highest BCUT2D eigenvalue weighted by atomic mass is 32.1. The third-order valence-electron chi connectivity index (χ3n) is 3.15. The van der Waals surface area contributed by atoms with Gasteiger partial charge in [0.2, 0.25) is 0 Å². The largest absolute Gasteiger partial charge is 0.397 e. The molecule has 0 bridgehead atoms. The molecule has 0 atom stereocenters. The fraction of sp³-hybridized carbons (Fsp3) is 0.231. The van der Waals surface area contributed by atoms with Gasteiger partial charge in [-0.3, -0.25) is 4.79 Å². The monoisotopic (exact) mass is 302 g/mol. The first kappa shape index (κ1) is 13.5. The van der Waals surface area contributed by atoms with E-state index in [0.717, 1.165) is 16.0 Å². The maximum atomic E-state index is 12.2. The molecule has 3 heterocycles. The van der Waals surface area contributed by atoms with Gasteiger partial charge in [0.15, 0.2) is 0 Å². The van der Waals surface area contributed by atoms with E-state index < -0.39 is 0 Å². The second kappa shape index (κ2) is 5.49. The number of nitrogens with two attached hydrogens (primary N) is 1. The number of nitrogen functional groups attached to an aromatic ring is 1. The van der Waals surface area contributed by atoms with Crippen LogP contribution in [0.3, 0.4) is 0 Å². The van der Waals surface area contributed by atoms with Crippen LogP contribution in [0.4, 0.5) is 5.69 Å². The summed E-state index contributed by atoms with van der Waals surface area (Å²) in [5, 5.41) is 11.4. The number of pyridine rings is 1. The quantitative estimate of drug-likeness (QED) is 0.748. The van der Waals surface area contributed by atoms with Crippen molar-refractivity contribution in [3.8, 4) is 0 Å². The van der Waals surface area contributed by atoms with Crippen LogP contribution in [-0.4, -0.2) is 32.2 Å². The minimum Gasteiger partial charge on any atom is -0.397 e.